The van der Waals surface area contributed by atoms with Gasteiger partial charge in [0.2, 0.25) is 0 Å². The van der Waals surface area contributed by atoms with E-state index in [9.17, 15) is 4.79 Å². The molecule has 0 bridgehead atoms. The van der Waals surface area contributed by atoms with Gasteiger partial charge in [0.1, 0.15) is 0 Å². The molecule has 4 rings (SSSR count). The molecule has 3 saturated carbocycles. The normalized spacial score (nSPS) is 43.1. The molecular formula is C30H48O. The first-order valence-corrected chi connectivity index (χ1v) is 13.6. The van der Waals surface area contributed by atoms with Gasteiger partial charge in [-0.3, -0.25) is 4.79 Å². The highest BCUT2D eigenvalue weighted by Crippen LogP contribution is 2.68. The number of rotatable bonds is 7. The number of hydrogen-bond acceptors (Lipinski definition) is 1. The summed E-state index contributed by atoms with van der Waals surface area (Å²) in [5.74, 6) is 6.09. The zero-order valence-electron chi connectivity index (χ0n) is 21.1. The minimum Gasteiger partial charge on any atom is -0.295 e. The minimum atomic E-state index is 0.257. The Hall–Kier alpha value is -0.850. The quantitative estimate of drug-likeness (QED) is 0.375. The fourth-order valence-corrected chi connectivity index (χ4v) is 9.23. The largest absolute Gasteiger partial charge is 0.295 e. The van der Waals surface area contributed by atoms with Gasteiger partial charge in [-0.15, -0.1) is 6.58 Å². The first-order valence-electron chi connectivity index (χ1n) is 13.6. The zero-order valence-corrected chi connectivity index (χ0v) is 21.1. The third kappa shape index (κ3) is 4.02. The van der Waals surface area contributed by atoms with Gasteiger partial charge in [-0.2, -0.15) is 0 Å². The predicted octanol–water partition coefficient (Wildman–Crippen LogP) is 8.40. The van der Waals surface area contributed by atoms with Gasteiger partial charge >= 0.3 is 0 Å². The number of allylic oxidation sites excluding steroid dienone is 2. The van der Waals surface area contributed by atoms with Crippen molar-refractivity contribution in [3.8, 4) is 0 Å². The third-order valence-electron chi connectivity index (χ3n) is 10.8. The van der Waals surface area contributed by atoms with E-state index in [-0.39, 0.29) is 5.41 Å². The highest BCUT2D eigenvalue weighted by Gasteiger charge is 2.60. The van der Waals surface area contributed by atoms with Crippen LogP contribution in [0.1, 0.15) is 105 Å². The zero-order chi connectivity index (χ0) is 22.4. The molecule has 174 valence electrons. The van der Waals surface area contributed by atoms with Crippen LogP contribution in [0.25, 0.3) is 0 Å². The van der Waals surface area contributed by atoms with Crippen LogP contribution in [0.4, 0.5) is 0 Å². The number of carbonyl (C=O) groups excluding carboxylic acids is 1. The third-order valence-corrected chi connectivity index (χ3v) is 10.8. The maximum Gasteiger partial charge on any atom is 0.155 e. The summed E-state index contributed by atoms with van der Waals surface area (Å²) in [5.41, 5.74) is 2.30. The molecular weight excluding hydrogens is 376 g/mol. The van der Waals surface area contributed by atoms with Gasteiger partial charge in [0, 0.05) is 6.42 Å². The molecule has 4 aliphatic carbocycles. The summed E-state index contributed by atoms with van der Waals surface area (Å²) in [6.45, 7) is 16.6. The number of hydrogen-bond donors (Lipinski definition) is 0. The maximum absolute atomic E-state index is 12.3. The lowest BCUT2D eigenvalue weighted by atomic mass is 9.44. The highest BCUT2D eigenvalue weighted by molar-refractivity contribution is 5.91. The predicted molar refractivity (Wildman–Crippen MR) is 132 cm³/mol. The Labute approximate surface area is 192 Å². The standard InChI is InChI=1S/C30H48O/c1-7-9-22-18-24-26-13-12-25(21(4)11-8-10-20(2)3)29(26,5)17-15-27(24)30(6)16-14-23(31)19-28(22)30/h7,19-22,24-27H,1,8-18H2,2-6H3/t21-,22-,24+,25-,26+,27+,29-,30-/m1/s1. The Morgan fingerprint density at radius 1 is 1.10 bits per heavy atom. The van der Waals surface area contributed by atoms with Gasteiger partial charge in [-0.05, 0) is 103 Å². The molecule has 8 atom stereocenters. The summed E-state index contributed by atoms with van der Waals surface area (Å²) in [6, 6.07) is 0. The molecule has 0 aromatic carbocycles. The van der Waals surface area contributed by atoms with Gasteiger partial charge in [0.15, 0.2) is 5.78 Å². The molecule has 0 amide bonds. The number of carbonyl (C=O) groups is 1. The van der Waals surface area contributed by atoms with Crippen molar-refractivity contribution in [3.63, 3.8) is 0 Å². The molecule has 0 radical (unpaired) electrons. The van der Waals surface area contributed by atoms with Crippen molar-refractivity contribution >= 4 is 5.78 Å². The van der Waals surface area contributed by atoms with Crippen molar-refractivity contribution < 1.29 is 4.79 Å². The van der Waals surface area contributed by atoms with Crippen LogP contribution in [-0.2, 0) is 4.79 Å². The van der Waals surface area contributed by atoms with Crippen LogP contribution in [0.2, 0.25) is 0 Å². The number of ketones is 1. The monoisotopic (exact) mass is 424 g/mol. The SMILES string of the molecule is C=CC[C@@H]1C[C@H]2[C@@H]3CC[C@H]([C@H](C)CCCC(C)C)[C@@]3(C)CC[C@@H]2[C@@]2(C)CCC(=O)C=C12. The van der Waals surface area contributed by atoms with E-state index < -0.39 is 0 Å². The molecule has 0 saturated heterocycles. The van der Waals surface area contributed by atoms with Crippen LogP contribution < -0.4 is 0 Å². The van der Waals surface area contributed by atoms with Crippen LogP contribution in [0, 0.1) is 52.3 Å². The molecule has 0 aromatic rings. The van der Waals surface area contributed by atoms with Crippen molar-refractivity contribution in [2.75, 3.05) is 0 Å². The van der Waals surface area contributed by atoms with Crippen molar-refractivity contribution in [2.24, 2.45) is 52.3 Å². The van der Waals surface area contributed by atoms with Crippen LogP contribution >= 0.6 is 0 Å². The van der Waals surface area contributed by atoms with Gasteiger partial charge in [-0.25, -0.2) is 0 Å². The van der Waals surface area contributed by atoms with Crippen molar-refractivity contribution in [3.05, 3.63) is 24.3 Å². The molecule has 1 nitrogen and oxygen atoms in total. The summed E-state index contributed by atoms with van der Waals surface area (Å²) in [5, 5.41) is 0. The van der Waals surface area contributed by atoms with E-state index in [1.165, 1.54) is 56.9 Å². The molecule has 0 unspecified atom stereocenters. The topological polar surface area (TPSA) is 17.1 Å². The second-order valence-electron chi connectivity index (χ2n) is 12.8. The second-order valence-corrected chi connectivity index (χ2v) is 12.8. The van der Waals surface area contributed by atoms with E-state index in [4.69, 9.17) is 0 Å². The molecule has 0 N–H and O–H groups in total. The van der Waals surface area contributed by atoms with Crippen molar-refractivity contribution in [1.82, 2.24) is 0 Å². The first-order chi connectivity index (χ1) is 14.7. The fourth-order valence-electron chi connectivity index (χ4n) is 9.23. The Kier molecular flexibility index (Phi) is 6.64. The summed E-state index contributed by atoms with van der Waals surface area (Å²) in [4.78, 5) is 12.3. The summed E-state index contributed by atoms with van der Waals surface area (Å²) in [7, 11) is 0. The van der Waals surface area contributed by atoms with Gasteiger partial charge in [0.05, 0.1) is 0 Å². The molecule has 0 aromatic heterocycles. The molecule has 0 heterocycles. The van der Waals surface area contributed by atoms with E-state index in [0.717, 1.165) is 54.8 Å². The second kappa shape index (κ2) is 8.83. The molecule has 1 heteroatoms. The Morgan fingerprint density at radius 3 is 2.58 bits per heavy atom. The van der Waals surface area contributed by atoms with E-state index in [0.29, 0.717) is 17.1 Å². The number of fused-ring (bicyclic) bond motifs is 5. The first kappa shape index (κ1) is 23.3. The van der Waals surface area contributed by atoms with Gasteiger partial charge < -0.3 is 0 Å². The summed E-state index contributed by atoms with van der Waals surface area (Å²) >= 11 is 0. The van der Waals surface area contributed by atoms with Gasteiger partial charge in [-0.1, -0.05) is 65.5 Å². The van der Waals surface area contributed by atoms with E-state index in [1.807, 2.05) is 0 Å². The molecule has 31 heavy (non-hydrogen) atoms. The average Bonchev–Trinajstić information content (AvgIpc) is 3.06. The van der Waals surface area contributed by atoms with Crippen LogP contribution in [0.15, 0.2) is 24.3 Å². The molecule has 0 spiro atoms. The van der Waals surface area contributed by atoms with Crippen molar-refractivity contribution in [1.29, 1.82) is 0 Å². The summed E-state index contributed by atoms with van der Waals surface area (Å²) < 4.78 is 0. The Bertz CT molecular complexity index is 716. The maximum atomic E-state index is 12.3. The van der Waals surface area contributed by atoms with Gasteiger partial charge in [0.25, 0.3) is 0 Å². The molecule has 3 fully saturated rings. The van der Waals surface area contributed by atoms with Crippen LogP contribution in [0.3, 0.4) is 0 Å². The lowest BCUT2D eigenvalue weighted by Crippen LogP contribution is -2.53. The molecule has 4 aliphatic rings. The average molecular weight is 425 g/mol. The van der Waals surface area contributed by atoms with Crippen molar-refractivity contribution in [2.45, 2.75) is 105 Å². The lowest BCUT2D eigenvalue weighted by Gasteiger charge is -2.60. The van der Waals surface area contributed by atoms with E-state index >= 15 is 0 Å². The van der Waals surface area contributed by atoms with Crippen LogP contribution in [-0.4, -0.2) is 5.78 Å². The van der Waals surface area contributed by atoms with E-state index in [2.05, 4.69) is 53.3 Å². The lowest BCUT2D eigenvalue weighted by molar-refractivity contribution is -0.118. The fraction of sp³-hybridized carbons (Fsp3) is 0.833. The van der Waals surface area contributed by atoms with Crippen LogP contribution in [0.5, 0.6) is 0 Å². The summed E-state index contributed by atoms with van der Waals surface area (Å²) in [6.07, 6.45) is 18.3. The Balaban J connectivity index is 1.56. The highest BCUT2D eigenvalue weighted by atomic mass is 16.1. The Morgan fingerprint density at radius 2 is 1.87 bits per heavy atom. The van der Waals surface area contributed by atoms with E-state index in [1.54, 1.807) is 0 Å². The minimum absolute atomic E-state index is 0.257. The molecule has 0 aliphatic heterocycles. The smallest absolute Gasteiger partial charge is 0.155 e.